The molecule has 132 valence electrons. The Bertz CT molecular complexity index is 505. The van der Waals surface area contributed by atoms with Gasteiger partial charge in [0.15, 0.2) is 0 Å². The first-order valence-corrected chi connectivity index (χ1v) is 10.3. The van der Waals surface area contributed by atoms with Crippen LogP contribution in [0.15, 0.2) is 30.3 Å². The number of amides is 1. The third-order valence-corrected chi connectivity index (χ3v) is 5.83. The number of nitrogens with zero attached hydrogens (tertiary/aromatic N) is 2. The van der Waals surface area contributed by atoms with Crippen molar-refractivity contribution in [3.8, 4) is 0 Å². The molecule has 4 nitrogen and oxygen atoms in total. The van der Waals surface area contributed by atoms with Gasteiger partial charge >= 0.3 is 0 Å². The molecule has 0 aliphatic carbocycles. The van der Waals surface area contributed by atoms with Gasteiger partial charge in [-0.15, -0.1) is 11.8 Å². The molecule has 0 aromatic heterocycles. The van der Waals surface area contributed by atoms with Crippen molar-refractivity contribution in [3.63, 3.8) is 0 Å². The highest BCUT2D eigenvalue weighted by molar-refractivity contribution is 7.99. The lowest BCUT2D eigenvalue weighted by Crippen LogP contribution is -2.36. The summed E-state index contributed by atoms with van der Waals surface area (Å²) in [7, 11) is 0. The number of benzene rings is 1. The maximum absolute atomic E-state index is 12.5. The number of carbonyl (C=O) groups is 1. The summed E-state index contributed by atoms with van der Waals surface area (Å²) in [5.74, 6) is 1.83. The summed E-state index contributed by atoms with van der Waals surface area (Å²) in [5, 5.41) is 0. The summed E-state index contributed by atoms with van der Waals surface area (Å²) in [6.07, 6.45) is 5.00. The van der Waals surface area contributed by atoms with Crippen molar-refractivity contribution in [1.29, 1.82) is 0 Å². The molecule has 1 aromatic rings. The number of ether oxygens (including phenoxy) is 1. The average Bonchev–Trinajstić information content (AvgIpc) is 2.89. The number of carbonyl (C=O) groups excluding carboxylic acids is 1. The van der Waals surface area contributed by atoms with Crippen LogP contribution in [0.4, 0.5) is 5.69 Å². The van der Waals surface area contributed by atoms with Gasteiger partial charge in [-0.2, -0.15) is 0 Å². The van der Waals surface area contributed by atoms with Gasteiger partial charge in [-0.25, -0.2) is 0 Å². The first-order chi connectivity index (χ1) is 11.8. The topological polar surface area (TPSA) is 32.8 Å². The standard InChI is InChI=1S/C19H28N2O2S/c22-19(16-24-15-18-9-4-5-14-23-18)21-11-6-10-20(12-13-21)17-7-2-1-3-8-17/h1-3,7-8,18H,4-6,9-16H2. The van der Waals surface area contributed by atoms with Gasteiger partial charge in [-0.05, 0) is 37.8 Å². The molecule has 2 saturated heterocycles. The highest BCUT2D eigenvalue weighted by atomic mass is 32.2. The lowest BCUT2D eigenvalue weighted by molar-refractivity contribution is -0.128. The molecule has 5 heteroatoms. The molecular formula is C19H28N2O2S. The Kier molecular flexibility index (Phi) is 6.85. The van der Waals surface area contributed by atoms with Crippen LogP contribution in [0.3, 0.4) is 0 Å². The minimum Gasteiger partial charge on any atom is -0.377 e. The summed E-state index contributed by atoms with van der Waals surface area (Å²) in [5.41, 5.74) is 1.26. The van der Waals surface area contributed by atoms with Gasteiger partial charge in [0, 0.05) is 44.2 Å². The lowest BCUT2D eigenvalue weighted by atomic mass is 10.1. The van der Waals surface area contributed by atoms with E-state index in [9.17, 15) is 4.79 Å². The van der Waals surface area contributed by atoms with Crippen molar-refractivity contribution in [2.45, 2.75) is 31.8 Å². The molecule has 2 aliphatic rings. The first kappa shape index (κ1) is 17.6. The van der Waals surface area contributed by atoms with Crippen LogP contribution in [0.1, 0.15) is 25.7 Å². The summed E-state index contributed by atoms with van der Waals surface area (Å²) in [4.78, 5) is 16.9. The van der Waals surface area contributed by atoms with E-state index >= 15 is 0 Å². The van der Waals surface area contributed by atoms with Crippen molar-refractivity contribution in [2.24, 2.45) is 0 Å². The highest BCUT2D eigenvalue weighted by Crippen LogP contribution is 2.19. The van der Waals surface area contributed by atoms with Crippen molar-refractivity contribution in [1.82, 2.24) is 4.90 Å². The Morgan fingerprint density at radius 1 is 1.08 bits per heavy atom. The predicted molar refractivity (Wildman–Crippen MR) is 101 cm³/mol. The predicted octanol–water partition coefficient (Wildman–Crippen LogP) is 3.03. The highest BCUT2D eigenvalue weighted by Gasteiger charge is 2.20. The molecule has 1 unspecified atom stereocenters. The second-order valence-electron chi connectivity index (χ2n) is 6.56. The van der Waals surface area contributed by atoms with E-state index in [0.29, 0.717) is 11.9 Å². The minimum atomic E-state index is 0.283. The minimum absolute atomic E-state index is 0.283. The third kappa shape index (κ3) is 5.15. The molecule has 1 atom stereocenters. The van der Waals surface area contributed by atoms with Crippen LogP contribution in [0.2, 0.25) is 0 Å². The molecule has 0 N–H and O–H groups in total. The third-order valence-electron chi connectivity index (χ3n) is 4.77. The van der Waals surface area contributed by atoms with Crippen LogP contribution in [-0.4, -0.2) is 61.2 Å². The van der Waals surface area contributed by atoms with E-state index in [1.54, 1.807) is 11.8 Å². The van der Waals surface area contributed by atoms with Gasteiger partial charge < -0.3 is 14.5 Å². The Balaban J connectivity index is 1.41. The Morgan fingerprint density at radius 2 is 1.96 bits per heavy atom. The van der Waals surface area contributed by atoms with E-state index in [1.807, 2.05) is 11.0 Å². The van der Waals surface area contributed by atoms with E-state index in [4.69, 9.17) is 4.74 Å². The van der Waals surface area contributed by atoms with Gasteiger partial charge in [0.1, 0.15) is 0 Å². The molecule has 24 heavy (non-hydrogen) atoms. The normalized spacial score (nSPS) is 22.2. The number of hydrogen-bond donors (Lipinski definition) is 0. The van der Waals surface area contributed by atoms with Gasteiger partial charge in [0.2, 0.25) is 5.91 Å². The summed E-state index contributed by atoms with van der Waals surface area (Å²) in [6.45, 7) is 4.54. The number of hydrogen-bond acceptors (Lipinski definition) is 4. The number of para-hydroxylation sites is 1. The van der Waals surface area contributed by atoms with Crippen LogP contribution in [-0.2, 0) is 9.53 Å². The Hall–Kier alpha value is -1.20. The van der Waals surface area contributed by atoms with Crippen LogP contribution < -0.4 is 4.90 Å². The van der Waals surface area contributed by atoms with E-state index in [2.05, 4.69) is 29.2 Å². The molecule has 0 spiro atoms. The van der Waals surface area contributed by atoms with Gasteiger partial charge in [0.25, 0.3) is 0 Å². The second-order valence-corrected chi connectivity index (χ2v) is 7.59. The average molecular weight is 349 g/mol. The van der Waals surface area contributed by atoms with Crippen LogP contribution in [0.5, 0.6) is 0 Å². The molecular weight excluding hydrogens is 320 g/mol. The molecule has 0 bridgehead atoms. The molecule has 1 amide bonds. The Labute approximate surface area is 149 Å². The monoisotopic (exact) mass is 348 g/mol. The van der Waals surface area contributed by atoms with Gasteiger partial charge in [0.05, 0.1) is 11.9 Å². The summed E-state index contributed by atoms with van der Waals surface area (Å²) in [6, 6.07) is 10.5. The summed E-state index contributed by atoms with van der Waals surface area (Å²) >= 11 is 1.74. The molecule has 2 aliphatic heterocycles. The zero-order valence-corrected chi connectivity index (χ0v) is 15.2. The smallest absolute Gasteiger partial charge is 0.232 e. The van der Waals surface area contributed by atoms with Crippen molar-refractivity contribution >= 4 is 23.4 Å². The van der Waals surface area contributed by atoms with E-state index in [0.717, 1.165) is 51.4 Å². The lowest BCUT2D eigenvalue weighted by Gasteiger charge is -2.24. The first-order valence-electron chi connectivity index (χ1n) is 9.10. The van der Waals surface area contributed by atoms with Gasteiger partial charge in [-0.3, -0.25) is 4.79 Å². The SMILES string of the molecule is O=C(CSCC1CCCCO1)N1CCCN(c2ccccc2)CC1. The number of rotatable bonds is 5. The van der Waals surface area contributed by atoms with E-state index in [-0.39, 0.29) is 5.91 Å². The van der Waals surface area contributed by atoms with Gasteiger partial charge in [-0.1, -0.05) is 18.2 Å². The van der Waals surface area contributed by atoms with Crippen LogP contribution >= 0.6 is 11.8 Å². The number of anilines is 1. The zero-order valence-electron chi connectivity index (χ0n) is 14.4. The maximum atomic E-state index is 12.5. The zero-order chi connectivity index (χ0) is 16.6. The molecule has 1 aromatic carbocycles. The Morgan fingerprint density at radius 3 is 2.75 bits per heavy atom. The fourth-order valence-corrected chi connectivity index (χ4v) is 4.37. The largest absolute Gasteiger partial charge is 0.377 e. The fourth-order valence-electron chi connectivity index (χ4n) is 3.37. The molecule has 2 fully saturated rings. The van der Waals surface area contributed by atoms with Crippen molar-refractivity contribution in [3.05, 3.63) is 30.3 Å². The van der Waals surface area contributed by atoms with E-state index in [1.165, 1.54) is 18.5 Å². The molecule has 0 radical (unpaired) electrons. The fraction of sp³-hybridized carbons (Fsp3) is 0.632. The van der Waals surface area contributed by atoms with Crippen molar-refractivity contribution in [2.75, 3.05) is 49.2 Å². The maximum Gasteiger partial charge on any atom is 0.232 e. The second kappa shape index (κ2) is 9.33. The molecule has 2 heterocycles. The quantitative estimate of drug-likeness (QED) is 0.819. The molecule has 0 saturated carbocycles. The molecule has 3 rings (SSSR count). The van der Waals surface area contributed by atoms with Crippen LogP contribution in [0.25, 0.3) is 0 Å². The van der Waals surface area contributed by atoms with E-state index < -0.39 is 0 Å². The number of thioether (sulfide) groups is 1. The van der Waals surface area contributed by atoms with Crippen molar-refractivity contribution < 1.29 is 9.53 Å². The summed E-state index contributed by atoms with van der Waals surface area (Å²) < 4.78 is 5.74. The van der Waals surface area contributed by atoms with Crippen LogP contribution in [0, 0.1) is 0 Å².